The van der Waals surface area contributed by atoms with Crippen LogP contribution in [-0.2, 0) is 35.2 Å². The lowest BCUT2D eigenvalue weighted by Gasteiger charge is -2.20. The normalized spacial score (nSPS) is 13.2. The lowest BCUT2D eigenvalue weighted by atomic mass is 10.0. The van der Waals surface area contributed by atoms with Crippen LogP contribution in [0, 0.1) is 0 Å². The summed E-state index contributed by atoms with van der Waals surface area (Å²) in [6.07, 6.45) is 0.596. The number of fused-ring (bicyclic) bond motifs is 1. The molecule has 0 aliphatic carbocycles. The number of aliphatic carboxylic acids is 2. The topological polar surface area (TPSA) is 247 Å². The Morgan fingerprint density at radius 2 is 1.67 bits per heavy atom. The molecule has 10 N–H and O–H groups in total. The molecular formula is C22H28N6O8. The lowest BCUT2D eigenvalue weighted by molar-refractivity contribution is -0.147. The highest BCUT2D eigenvalue weighted by Gasteiger charge is 2.27. The molecule has 4 amide bonds. The fourth-order valence-corrected chi connectivity index (χ4v) is 3.37. The van der Waals surface area contributed by atoms with Crippen molar-refractivity contribution in [3.05, 3.63) is 36.0 Å². The molecule has 194 valence electrons. The molecule has 1 heterocycles. The molecule has 3 atom stereocenters. The van der Waals surface area contributed by atoms with Crippen LogP contribution in [-0.4, -0.2) is 75.4 Å². The zero-order valence-corrected chi connectivity index (χ0v) is 19.2. The van der Waals surface area contributed by atoms with E-state index >= 15 is 0 Å². The number of carbonyl (C=O) groups is 6. The molecule has 1 aromatic carbocycles. The molecule has 0 bridgehead atoms. The van der Waals surface area contributed by atoms with Crippen LogP contribution in [0.3, 0.4) is 0 Å². The van der Waals surface area contributed by atoms with Gasteiger partial charge in [0.15, 0.2) is 0 Å². The van der Waals surface area contributed by atoms with Crippen molar-refractivity contribution in [1.29, 1.82) is 0 Å². The Bertz CT molecular complexity index is 1150. The van der Waals surface area contributed by atoms with E-state index in [0.29, 0.717) is 0 Å². The molecule has 0 fully saturated rings. The summed E-state index contributed by atoms with van der Waals surface area (Å²) in [4.78, 5) is 73.3. The minimum atomic E-state index is -1.69. The Hall–Kier alpha value is -4.46. The Morgan fingerprint density at radius 1 is 0.972 bits per heavy atom. The number of nitrogens with one attached hydrogen (secondary N) is 4. The number of primary amides is 1. The number of benzene rings is 1. The molecule has 0 aliphatic heterocycles. The van der Waals surface area contributed by atoms with Gasteiger partial charge < -0.3 is 42.6 Å². The number of H-pyrrole nitrogens is 1. The monoisotopic (exact) mass is 504 g/mol. The Morgan fingerprint density at radius 3 is 2.31 bits per heavy atom. The average molecular weight is 505 g/mol. The van der Waals surface area contributed by atoms with E-state index in [1.165, 1.54) is 0 Å². The highest BCUT2D eigenvalue weighted by Crippen LogP contribution is 2.18. The Labute approximate surface area is 204 Å². The van der Waals surface area contributed by atoms with Crippen molar-refractivity contribution in [2.24, 2.45) is 11.5 Å². The van der Waals surface area contributed by atoms with E-state index in [9.17, 15) is 28.8 Å². The number of hydrogen-bond donors (Lipinski definition) is 8. The van der Waals surface area contributed by atoms with Gasteiger partial charge in [-0.2, -0.15) is 0 Å². The van der Waals surface area contributed by atoms with Gasteiger partial charge in [-0.25, -0.2) is 4.79 Å². The van der Waals surface area contributed by atoms with Gasteiger partial charge in [0.2, 0.25) is 23.6 Å². The van der Waals surface area contributed by atoms with Crippen LogP contribution in [0.25, 0.3) is 10.9 Å². The number of aromatic amines is 1. The maximum Gasteiger partial charge on any atom is 0.326 e. The molecule has 14 heteroatoms. The van der Waals surface area contributed by atoms with Gasteiger partial charge in [-0.15, -0.1) is 0 Å². The van der Waals surface area contributed by atoms with Gasteiger partial charge in [-0.1, -0.05) is 18.2 Å². The number of carbonyl (C=O) groups excluding carboxylic acids is 4. The standard InChI is InChI=1S/C22H28N6O8/c23-13(7-11-9-25-14-4-2-1-3-12(11)14)20(33)28-15(5-6-17(24)29)21(34)26-10-18(30)27-16(22(35)36)8-19(31)32/h1-4,9,13,15-16,25H,5-8,10,23H2,(H2,24,29)(H,26,34)(H,27,30)(H,28,33)(H,31,32)(H,35,36). The summed E-state index contributed by atoms with van der Waals surface area (Å²) in [5.41, 5.74) is 12.8. The Kier molecular flexibility index (Phi) is 9.92. The van der Waals surface area contributed by atoms with Crippen molar-refractivity contribution in [2.75, 3.05) is 6.54 Å². The van der Waals surface area contributed by atoms with Crippen molar-refractivity contribution in [3.8, 4) is 0 Å². The molecular weight excluding hydrogens is 476 g/mol. The van der Waals surface area contributed by atoms with E-state index in [1.807, 2.05) is 29.6 Å². The first-order valence-corrected chi connectivity index (χ1v) is 10.9. The first-order valence-electron chi connectivity index (χ1n) is 10.9. The van der Waals surface area contributed by atoms with Crippen LogP contribution in [0.1, 0.15) is 24.8 Å². The van der Waals surface area contributed by atoms with Crippen LogP contribution >= 0.6 is 0 Å². The van der Waals surface area contributed by atoms with E-state index < -0.39 is 66.7 Å². The highest BCUT2D eigenvalue weighted by molar-refractivity contribution is 5.93. The average Bonchev–Trinajstić information content (AvgIpc) is 3.21. The number of carboxylic acids is 2. The van der Waals surface area contributed by atoms with E-state index in [4.69, 9.17) is 21.7 Å². The number of rotatable bonds is 14. The van der Waals surface area contributed by atoms with Crippen molar-refractivity contribution >= 4 is 46.5 Å². The number of nitrogens with two attached hydrogens (primary N) is 2. The largest absolute Gasteiger partial charge is 0.481 e. The summed E-state index contributed by atoms with van der Waals surface area (Å²) in [5.74, 6) is -6.21. The molecule has 3 unspecified atom stereocenters. The van der Waals surface area contributed by atoms with Crippen molar-refractivity contribution in [3.63, 3.8) is 0 Å². The molecule has 14 nitrogen and oxygen atoms in total. The molecule has 0 radical (unpaired) electrons. The summed E-state index contributed by atoms with van der Waals surface area (Å²) in [6.45, 7) is -0.702. The molecule has 2 aromatic rings. The first kappa shape index (κ1) is 27.8. The van der Waals surface area contributed by atoms with Gasteiger partial charge in [0, 0.05) is 23.5 Å². The van der Waals surface area contributed by atoms with E-state index in [1.54, 1.807) is 6.20 Å². The van der Waals surface area contributed by atoms with Gasteiger partial charge in [0.05, 0.1) is 19.0 Å². The number of para-hydroxylation sites is 1. The second kappa shape index (κ2) is 12.9. The fraction of sp³-hybridized carbons (Fsp3) is 0.364. The molecule has 2 rings (SSSR count). The maximum absolute atomic E-state index is 12.7. The summed E-state index contributed by atoms with van der Waals surface area (Å²) in [5, 5.41) is 25.2. The second-order valence-electron chi connectivity index (χ2n) is 8.01. The Balaban J connectivity index is 1.98. The number of hydrogen-bond acceptors (Lipinski definition) is 7. The van der Waals surface area contributed by atoms with E-state index in [-0.39, 0.29) is 19.3 Å². The molecule has 36 heavy (non-hydrogen) atoms. The van der Waals surface area contributed by atoms with Crippen LogP contribution in [0.4, 0.5) is 0 Å². The summed E-state index contributed by atoms with van der Waals surface area (Å²) < 4.78 is 0. The molecule has 0 aliphatic rings. The maximum atomic E-state index is 12.7. The van der Waals surface area contributed by atoms with Crippen molar-refractivity contribution < 1.29 is 39.0 Å². The minimum Gasteiger partial charge on any atom is -0.481 e. The van der Waals surface area contributed by atoms with Crippen molar-refractivity contribution in [1.82, 2.24) is 20.9 Å². The van der Waals surface area contributed by atoms with E-state index in [0.717, 1.165) is 16.5 Å². The SMILES string of the molecule is NC(=O)CCC(NC(=O)C(N)Cc1c[nH]c2ccccc12)C(=O)NCC(=O)NC(CC(=O)O)C(=O)O. The summed E-state index contributed by atoms with van der Waals surface area (Å²) >= 11 is 0. The zero-order valence-electron chi connectivity index (χ0n) is 19.2. The van der Waals surface area contributed by atoms with Crippen LogP contribution < -0.4 is 27.4 Å². The third kappa shape index (κ3) is 8.39. The molecule has 0 saturated carbocycles. The predicted octanol–water partition coefficient (Wildman–Crippen LogP) is -2.05. The van der Waals surface area contributed by atoms with Gasteiger partial charge in [-0.05, 0) is 24.5 Å². The second-order valence-corrected chi connectivity index (χ2v) is 8.01. The lowest BCUT2D eigenvalue weighted by Crippen LogP contribution is -2.54. The molecule has 0 spiro atoms. The number of carboxylic acid groups (broad SMARTS) is 2. The summed E-state index contributed by atoms with van der Waals surface area (Å²) in [7, 11) is 0. The van der Waals surface area contributed by atoms with Gasteiger partial charge in [-0.3, -0.25) is 24.0 Å². The van der Waals surface area contributed by atoms with Crippen LogP contribution in [0.5, 0.6) is 0 Å². The third-order valence-corrected chi connectivity index (χ3v) is 5.20. The quantitative estimate of drug-likeness (QED) is 0.141. The van der Waals surface area contributed by atoms with Gasteiger partial charge in [0.25, 0.3) is 0 Å². The predicted molar refractivity (Wildman–Crippen MR) is 125 cm³/mol. The van der Waals surface area contributed by atoms with Gasteiger partial charge >= 0.3 is 11.9 Å². The highest BCUT2D eigenvalue weighted by atomic mass is 16.4. The number of aromatic nitrogens is 1. The third-order valence-electron chi connectivity index (χ3n) is 5.20. The van der Waals surface area contributed by atoms with Crippen LogP contribution in [0.15, 0.2) is 30.5 Å². The first-order chi connectivity index (χ1) is 17.0. The minimum absolute atomic E-state index is 0.155. The fourth-order valence-electron chi connectivity index (χ4n) is 3.37. The van der Waals surface area contributed by atoms with Crippen molar-refractivity contribution in [2.45, 2.75) is 43.8 Å². The smallest absolute Gasteiger partial charge is 0.326 e. The molecule has 0 saturated heterocycles. The zero-order chi connectivity index (χ0) is 26.8. The van der Waals surface area contributed by atoms with Gasteiger partial charge in [0.1, 0.15) is 12.1 Å². The van der Waals surface area contributed by atoms with Crippen LogP contribution in [0.2, 0.25) is 0 Å². The molecule has 1 aromatic heterocycles. The number of amides is 4. The van der Waals surface area contributed by atoms with E-state index in [2.05, 4.69) is 15.6 Å². The summed E-state index contributed by atoms with van der Waals surface area (Å²) in [6, 6.07) is 3.43.